The van der Waals surface area contributed by atoms with E-state index >= 15 is 0 Å². The molecule has 4 aliphatic rings. The number of benzene rings is 7. The van der Waals surface area contributed by atoms with Crippen molar-refractivity contribution in [2.45, 2.75) is 51.4 Å². The zero-order valence-electron chi connectivity index (χ0n) is 36.6. The molecule has 0 N–H and O–H groups in total. The summed E-state index contributed by atoms with van der Waals surface area (Å²) in [5.41, 5.74) is 24.1. The van der Waals surface area contributed by atoms with Gasteiger partial charge in [0.05, 0.1) is 0 Å². The van der Waals surface area contributed by atoms with Gasteiger partial charge in [-0.1, -0.05) is 192 Å². The maximum Gasteiger partial charge on any atom is 0.0465 e. The summed E-state index contributed by atoms with van der Waals surface area (Å²) in [7, 11) is 0. The van der Waals surface area contributed by atoms with Crippen LogP contribution < -0.4 is 4.90 Å². The summed E-state index contributed by atoms with van der Waals surface area (Å²) in [6.07, 6.45) is 23.8. The number of fused-ring (bicyclic) bond motifs is 6. The maximum atomic E-state index is 2.48. The first kappa shape index (κ1) is 38.7. The third-order valence-electron chi connectivity index (χ3n) is 14.0. The molecule has 1 nitrogen and oxygen atoms in total. The van der Waals surface area contributed by atoms with E-state index < -0.39 is 0 Å². The molecule has 1 heteroatoms. The predicted octanol–water partition coefficient (Wildman–Crippen LogP) is 16.9. The van der Waals surface area contributed by atoms with Crippen LogP contribution in [-0.2, 0) is 10.8 Å². The fourth-order valence-corrected chi connectivity index (χ4v) is 10.7. The monoisotopic (exact) mass is 809 g/mol. The highest BCUT2D eigenvalue weighted by atomic mass is 15.1. The quantitative estimate of drug-likeness (QED) is 0.155. The van der Waals surface area contributed by atoms with Crippen LogP contribution in [-0.4, -0.2) is 0 Å². The average molecular weight is 810 g/mol. The Morgan fingerprint density at radius 2 is 0.810 bits per heavy atom. The van der Waals surface area contributed by atoms with Gasteiger partial charge in [0.1, 0.15) is 0 Å². The number of allylic oxidation sites excluding steroid dienone is 12. The normalized spacial score (nSPS) is 16.0. The van der Waals surface area contributed by atoms with Crippen LogP contribution >= 0.6 is 0 Å². The number of hydrogen-bond acceptors (Lipinski definition) is 1. The molecule has 7 aromatic carbocycles. The average Bonchev–Trinajstić information content (AvgIpc) is 3.56. The van der Waals surface area contributed by atoms with Crippen molar-refractivity contribution in [3.63, 3.8) is 0 Å². The first-order chi connectivity index (χ1) is 30.8. The van der Waals surface area contributed by atoms with Gasteiger partial charge in [-0.05, 0) is 150 Å². The van der Waals surface area contributed by atoms with Gasteiger partial charge in [-0.15, -0.1) is 0 Å². The fourth-order valence-electron chi connectivity index (χ4n) is 10.7. The number of nitrogens with zero attached hydrogens (tertiary/aromatic N) is 1. The summed E-state index contributed by atoms with van der Waals surface area (Å²) >= 11 is 0. The molecule has 0 atom stereocenters. The van der Waals surface area contributed by atoms with E-state index in [2.05, 4.69) is 245 Å². The third kappa shape index (κ3) is 6.54. The Kier molecular flexibility index (Phi) is 9.39. The molecule has 0 saturated heterocycles. The van der Waals surface area contributed by atoms with Crippen LogP contribution in [0.5, 0.6) is 0 Å². The largest absolute Gasteiger partial charge is 0.310 e. The molecule has 0 amide bonds. The molecule has 63 heavy (non-hydrogen) atoms. The van der Waals surface area contributed by atoms with Crippen molar-refractivity contribution in [2.24, 2.45) is 0 Å². The molecule has 0 saturated carbocycles. The SMILES string of the molecule is CC1(C)c2ccccc2-c2ccc(N(c3ccc(-c4c(C5=CC=CC=CC5)cc(-c5ccccc5)cc4C4=CC=CC=CC4)cc3)c3ccc4c(c3)C(C)(C)c3ccccc3-4)cc21. The second-order valence-electron chi connectivity index (χ2n) is 18.4. The van der Waals surface area contributed by atoms with Crippen molar-refractivity contribution >= 4 is 28.2 Å². The Hall–Kier alpha value is -7.22. The van der Waals surface area contributed by atoms with Gasteiger partial charge in [0, 0.05) is 27.9 Å². The first-order valence-electron chi connectivity index (χ1n) is 22.5. The maximum absolute atomic E-state index is 2.48. The Morgan fingerprint density at radius 3 is 1.33 bits per heavy atom. The Labute approximate surface area is 373 Å². The van der Waals surface area contributed by atoms with Crippen LogP contribution in [0.2, 0.25) is 0 Å². The molecule has 0 radical (unpaired) electrons. The molecule has 0 bridgehead atoms. The molecule has 0 heterocycles. The van der Waals surface area contributed by atoms with E-state index in [-0.39, 0.29) is 10.8 Å². The molecule has 7 aromatic rings. The molecule has 4 aliphatic carbocycles. The highest BCUT2D eigenvalue weighted by Crippen LogP contribution is 2.53. The zero-order chi connectivity index (χ0) is 42.7. The summed E-state index contributed by atoms with van der Waals surface area (Å²) in [5, 5.41) is 0. The highest BCUT2D eigenvalue weighted by molar-refractivity contribution is 5.95. The number of hydrogen-bond donors (Lipinski definition) is 0. The van der Waals surface area contributed by atoms with Crippen molar-refractivity contribution < 1.29 is 0 Å². The Morgan fingerprint density at radius 1 is 0.349 bits per heavy atom. The standard InChI is InChI=1S/C62H51N/c1-61(2)56-28-18-16-26-50(56)52-36-34-48(40-58(52)61)63(49-35-37-53-51-27-17-19-29-57(51)62(3,4)59(53)41-49)47-32-30-45(31-33-47)60-54(43-22-10-5-6-11-23-43)38-46(42-20-14-9-15-21-42)39-55(60)44-24-12-7-8-13-25-44/h5-22,24,26-41H,23,25H2,1-4H3. The van der Waals surface area contributed by atoms with E-state index in [9.17, 15) is 0 Å². The molecule has 0 fully saturated rings. The van der Waals surface area contributed by atoms with Crippen LogP contribution in [0.4, 0.5) is 17.1 Å². The summed E-state index contributed by atoms with van der Waals surface area (Å²) in [4.78, 5) is 2.48. The van der Waals surface area contributed by atoms with E-state index in [1.54, 1.807) is 0 Å². The first-order valence-corrected chi connectivity index (χ1v) is 22.5. The van der Waals surface area contributed by atoms with Gasteiger partial charge < -0.3 is 4.90 Å². The molecular formula is C62H51N. The second kappa shape index (κ2) is 15.3. The summed E-state index contributed by atoms with van der Waals surface area (Å²) in [5.74, 6) is 0. The van der Waals surface area contributed by atoms with Crippen molar-refractivity contribution in [1.82, 2.24) is 0 Å². The lowest BCUT2D eigenvalue weighted by Crippen LogP contribution is -2.18. The Balaban J connectivity index is 1.10. The van der Waals surface area contributed by atoms with Gasteiger partial charge in [-0.25, -0.2) is 0 Å². The van der Waals surface area contributed by atoms with Crippen molar-refractivity contribution in [1.29, 1.82) is 0 Å². The molecule has 0 aliphatic heterocycles. The minimum atomic E-state index is -0.119. The molecule has 0 aromatic heterocycles. The minimum Gasteiger partial charge on any atom is -0.310 e. The smallest absolute Gasteiger partial charge is 0.0465 e. The van der Waals surface area contributed by atoms with Gasteiger partial charge in [-0.3, -0.25) is 0 Å². The van der Waals surface area contributed by atoms with Gasteiger partial charge in [0.25, 0.3) is 0 Å². The van der Waals surface area contributed by atoms with E-state index in [1.165, 1.54) is 89.0 Å². The minimum absolute atomic E-state index is 0.119. The predicted molar refractivity (Wildman–Crippen MR) is 269 cm³/mol. The molecule has 304 valence electrons. The lowest BCUT2D eigenvalue weighted by Gasteiger charge is -2.30. The van der Waals surface area contributed by atoms with Crippen LogP contribution in [0.1, 0.15) is 73.9 Å². The molecule has 0 unspecified atom stereocenters. The number of rotatable bonds is 7. The van der Waals surface area contributed by atoms with Crippen molar-refractivity contribution in [3.8, 4) is 44.5 Å². The van der Waals surface area contributed by atoms with E-state index in [0.29, 0.717) is 0 Å². The summed E-state index contributed by atoms with van der Waals surface area (Å²) < 4.78 is 0. The van der Waals surface area contributed by atoms with Gasteiger partial charge in [-0.2, -0.15) is 0 Å². The van der Waals surface area contributed by atoms with Gasteiger partial charge in [0.15, 0.2) is 0 Å². The van der Waals surface area contributed by atoms with Crippen molar-refractivity contribution in [2.75, 3.05) is 4.90 Å². The molecular weight excluding hydrogens is 759 g/mol. The van der Waals surface area contributed by atoms with Crippen LogP contribution in [0.3, 0.4) is 0 Å². The van der Waals surface area contributed by atoms with Crippen LogP contribution in [0, 0.1) is 0 Å². The third-order valence-corrected chi connectivity index (χ3v) is 14.0. The summed E-state index contributed by atoms with van der Waals surface area (Å²) in [6.45, 7) is 9.49. The lowest BCUT2D eigenvalue weighted by molar-refractivity contribution is 0.660. The van der Waals surface area contributed by atoms with E-state index in [1.807, 2.05) is 0 Å². The van der Waals surface area contributed by atoms with E-state index in [4.69, 9.17) is 0 Å². The fraction of sp³-hybridized carbons (Fsp3) is 0.129. The van der Waals surface area contributed by atoms with E-state index in [0.717, 1.165) is 29.9 Å². The van der Waals surface area contributed by atoms with Gasteiger partial charge >= 0.3 is 0 Å². The highest BCUT2D eigenvalue weighted by Gasteiger charge is 2.37. The molecule has 0 spiro atoms. The van der Waals surface area contributed by atoms with Crippen LogP contribution in [0.25, 0.3) is 55.7 Å². The number of anilines is 3. The van der Waals surface area contributed by atoms with Gasteiger partial charge in [0.2, 0.25) is 0 Å². The summed E-state index contributed by atoms with van der Waals surface area (Å²) in [6, 6.07) is 57.2. The second-order valence-corrected chi connectivity index (χ2v) is 18.4. The molecule has 11 rings (SSSR count). The Bertz CT molecular complexity index is 2970. The lowest BCUT2D eigenvalue weighted by atomic mass is 9.82. The van der Waals surface area contributed by atoms with Crippen LogP contribution in [0.15, 0.2) is 212 Å². The zero-order valence-corrected chi connectivity index (χ0v) is 36.6. The van der Waals surface area contributed by atoms with Crippen molar-refractivity contribution in [3.05, 3.63) is 246 Å². The topological polar surface area (TPSA) is 3.24 Å².